The molecule has 0 radical (unpaired) electrons. The smallest absolute Gasteiger partial charge is 0.262 e. The Labute approximate surface area is 161 Å². The molecule has 0 atom stereocenters. The van der Waals surface area contributed by atoms with Crippen molar-refractivity contribution < 1.29 is 14.1 Å². The van der Waals surface area contributed by atoms with E-state index in [2.05, 4.69) is 27.4 Å². The summed E-state index contributed by atoms with van der Waals surface area (Å²) >= 11 is 5.90. The third-order valence-electron chi connectivity index (χ3n) is 3.73. The van der Waals surface area contributed by atoms with Crippen LogP contribution < -0.4 is 10.1 Å². The van der Waals surface area contributed by atoms with Crippen LogP contribution in [0.25, 0.3) is 11.4 Å². The number of amides is 1. The van der Waals surface area contributed by atoms with E-state index in [0.717, 1.165) is 24.8 Å². The van der Waals surface area contributed by atoms with Crippen molar-refractivity contribution in [3.8, 4) is 17.1 Å². The van der Waals surface area contributed by atoms with Crippen molar-refractivity contribution in [2.45, 2.75) is 26.2 Å². The largest absolute Gasteiger partial charge is 0.484 e. The van der Waals surface area contributed by atoms with Crippen LogP contribution in [0.1, 0.15) is 25.7 Å². The van der Waals surface area contributed by atoms with Gasteiger partial charge in [0.2, 0.25) is 11.7 Å². The first-order valence-electron chi connectivity index (χ1n) is 8.62. The summed E-state index contributed by atoms with van der Waals surface area (Å²) in [6.45, 7) is 1.97. The Morgan fingerprint density at radius 2 is 2.07 bits per heavy atom. The number of anilines is 1. The van der Waals surface area contributed by atoms with Crippen molar-refractivity contribution in [3.05, 3.63) is 53.6 Å². The highest BCUT2D eigenvalue weighted by molar-refractivity contribution is 6.32. The fraction of sp³-hybridized carbons (Fsp3) is 0.263. The summed E-state index contributed by atoms with van der Waals surface area (Å²) in [4.78, 5) is 20.2. The summed E-state index contributed by atoms with van der Waals surface area (Å²) in [5.74, 6) is 1.41. The quantitative estimate of drug-likeness (QED) is 0.585. The Morgan fingerprint density at radius 1 is 1.26 bits per heavy atom. The minimum atomic E-state index is -0.326. The topological polar surface area (TPSA) is 90.1 Å². The van der Waals surface area contributed by atoms with Crippen LogP contribution in [0.2, 0.25) is 5.15 Å². The summed E-state index contributed by atoms with van der Waals surface area (Å²) in [5, 5.41) is 6.87. The molecule has 0 saturated carbocycles. The summed E-state index contributed by atoms with van der Waals surface area (Å²) in [5.41, 5.74) is 1.26. The maximum atomic E-state index is 12.0. The predicted molar refractivity (Wildman–Crippen MR) is 102 cm³/mol. The van der Waals surface area contributed by atoms with E-state index in [1.807, 2.05) is 12.1 Å². The maximum absolute atomic E-state index is 12.0. The Morgan fingerprint density at radius 3 is 2.81 bits per heavy atom. The number of carbonyl (C=O) groups excluding carboxylic acids is 1. The zero-order chi connectivity index (χ0) is 19.1. The van der Waals surface area contributed by atoms with E-state index in [4.69, 9.17) is 20.9 Å². The minimum Gasteiger partial charge on any atom is -0.484 e. The van der Waals surface area contributed by atoms with Crippen molar-refractivity contribution in [3.63, 3.8) is 0 Å². The van der Waals surface area contributed by atoms with Crippen molar-refractivity contribution in [1.82, 2.24) is 15.1 Å². The number of aryl methyl sites for hydroxylation is 1. The van der Waals surface area contributed by atoms with Gasteiger partial charge in [0.05, 0.1) is 5.69 Å². The summed E-state index contributed by atoms with van der Waals surface area (Å²) < 4.78 is 10.7. The first-order chi connectivity index (χ1) is 13.2. The van der Waals surface area contributed by atoms with Gasteiger partial charge in [-0.15, -0.1) is 0 Å². The van der Waals surface area contributed by atoms with Crippen LogP contribution in [0.5, 0.6) is 5.75 Å². The van der Waals surface area contributed by atoms with Gasteiger partial charge in [-0.05, 0) is 42.8 Å². The van der Waals surface area contributed by atoms with Gasteiger partial charge in [0, 0.05) is 18.2 Å². The number of rotatable bonds is 8. The van der Waals surface area contributed by atoms with E-state index in [1.54, 1.807) is 30.5 Å². The van der Waals surface area contributed by atoms with Crippen LogP contribution in [-0.2, 0) is 11.2 Å². The van der Waals surface area contributed by atoms with Crippen LogP contribution in [0.15, 0.2) is 47.1 Å². The molecule has 0 unspecified atom stereocenters. The van der Waals surface area contributed by atoms with Gasteiger partial charge in [0.15, 0.2) is 11.8 Å². The molecule has 3 rings (SSSR count). The Kier molecular flexibility index (Phi) is 6.38. The molecule has 1 N–H and O–H groups in total. The van der Waals surface area contributed by atoms with Gasteiger partial charge in [-0.25, -0.2) is 4.98 Å². The molecule has 0 spiro atoms. The molecule has 0 fully saturated rings. The van der Waals surface area contributed by atoms with Crippen LogP contribution in [0, 0.1) is 0 Å². The monoisotopic (exact) mass is 386 g/mol. The van der Waals surface area contributed by atoms with Gasteiger partial charge in [-0.3, -0.25) is 4.79 Å². The van der Waals surface area contributed by atoms with Crippen LogP contribution in [0.4, 0.5) is 5.69 Å². The minimum absolute atomic E-state index is 0.145. The number of nitrogens with zero attached hydrogens (tertiary/aromatic N) is 3. The molecular formula is C19H19ClN4O3. The molecule has 1 amide bonds. The van der Waals surface area contributed by atoms with Crippen molar-refractivity contribution in [1.29, 1.82) is 0 Å². The molecular weight excluding hydrogens is 368 g/mol. The van der Waals surface area contributed by atoms with E-state index in [0.29, 0.717) is 23.2 Å². The normalized spacial score (nSPS) is 10.6. The lowest BCUT2D eigenvalue weighted by molar-refractivity contribution is -0.118. The number of benzene rings is 1. The Hall–Kier alpha value is -2.93. The van der Waals surface area contributed by atoms with Gasteiger partial charge in [-0.2, -0.15) is 4.98 Å². The van der Waals surface area contributed by atoms with Crippen molar-refractivity contribution in [2.24, 2.45) is 0 Å². The highest BCUT2D eigenvalue weighted by Gasteiger charge is 2.10. The van der Waals surface area contributed by atoms with E-state index in [1.165, 1.54) is 0 Å². The first kappa shape index (κ1) is 18.8. The molecule has 0 saturated heterocycles. The molecule has 0 aliphatic carbocycles. The molecule has 0 bridgehead atoms. The van der Waals surface area contributed by atoms with Crippen molar-refractivity contribution >= 4 is 23.2 Å². The number of hydrogen-bond donors (Lipinski definition) is 1. The van der Waals surface area contributed by atoms with Gasteiger partial charge in [0.1, 0.15) is 5.75 Å². The highest BCUT2D eigenvalue weighted by atomic mass is 35.5. The molecule has 1 aromatic carbocycles. The number of hydrogen-bond acceptors (Lipinski definition) is 6. The lowest BCUT2D eigenvalue weighted by Crippen LogP contribution is -2.20. The second kappa shape index (κ2) is 9.14. The number of ether oxygens (including phenoxy) is 1. The summed E-state index contributed by atoms with van der Waals surface area (Å²) in [6, 6.07) is 10.5. The molecule has 3 aromatic rings. The zero-order valence-electron chi connectivity index (χ0n) is 14.8. The van der Waals surface area contributed by atoms with Gasteiger partial charge >= 0.3 is 0 Å². The number of aromatic nitrogens is 3. The fourth-order valence-corrected chi connectivity index (χ4v) is 2.48. The Bertz CT molecular complexity index is 896. The fourth-order valence-electron chi connectivity index (χ4n) is 2.32. The van der Waals surface area contributed by atoms with Gasteiger partial charge in [-0.1, -0.05) is 30.1 Å². The molecule has 0 aliphatic rings. The molecule has 2 heterocycles. The molecule has 140 valence electrons. The number of halogens is 1. The molecule has 27 heavy (non-hydrogen) atoms. The first-order valence-corrected chi connectivity index (χ1v) is 8.99. The average molecular weight is 387 g/mol. The maximum Gasteiger partial charge on any atom is 0.262 e. The number of nitrogens with one attached hydrogen (secondary N) is 1. The standard InChI is InChI=1S/C19H19ClN4O3/c1-2-3-6-17-23-19(24-27-17)13-7-9-14(10-8-13)26-12-16(25)22-15-5-4-11-21-18(15)20/h4-5,7-11H,2-3,6,12H2,1H3,(H,22,25). The molecule has 0 aliphatic heterocycles. The Balaban J connectivity index is 1.54. The third-order valence-corrected chi connectivity index (χ3v) is 4.03. The number of pyridine rings is 1. The molecule has 2 aromatic heterocycles. The average Bonchev–Trinajstić information content (AvgIpc) is 3.16. The predicted octanol–water partition coefficient (Wildman–Crippen LogP) is 4.15. The molecule has 8 heteroatoms. The second-order valence-corrected chi connectivity index (χ2v) is 6.18. The highest BCUT2D eigenvalue weighted by Crippen LogP contribution is 2.21. The van der Waals surface area contributed by atoms with E-state index >= 15 is 0 Å². The van der Waals surface area contributed by atoms with Gasteiger partial charge < -0.3 is 14.6 Å². The van der Waals surface area contributed by atoms with E-state index in [9.17, 15) is 4.79 Å². The van der Waals surface area contributed by atoms with Crippen LogP contribution in [-0.4, -0.2) is 27.6 Å². The van der Waals surface area contributed by atoms with E-state index < -0.39 is 0 Å². The summed E-state index contributed by atoms with van der Waals surface area (Å²) in [6.07, 6.45) is 4.42. The second-order valence-electron chi connectivity index (χ2n) is 5.82. The molecule has 7 nitrogen and oxygen atoms in total. The van der Waals surface area contributed by atoms with Crippen LogP contribution >= 0.6 is 11.6 Å². The lowest BCUT2D eigenvalue weighted by atomic mass is 10.2. The van der Waals surface area contributed by atoms with E-state index in [-0.39, 0.29) is 17.7 Å². The van der Waals surface area contributed by atoms with Gasteiger partial charge in [0.25, 0.3) is 5.91 Å². The lowest BCUT2D eigenvalue weighted by Gasteiger charge is -2.08. The SMILES string of the molecule is CCCCc1nc(-c2ccc(OCC(=O)Nc3cccnc3Cl)cc2)no1. The summed E-state index contributed by atoms with van der Waals surface area (Å²) in [7, 11) is 0. The third kappa shape index (κ3) is 5.27. The number of carbonyl (C=O) groups is 1. The zero-order valence-corrected chi connectivity index (χ0v) is 15.6. The number of unbranched alkanes of at least 4 members (excludes halogenated alkanes) is 1. The van der Waals surface area contributed by atoms with Crippen molar-refractivity contribution in [2.75, 3.05) is 11.9 Å². The van der Waals surface area contributed by atoms with Crippen LogP contribution in [0.3, 0.4) is 0 Å².